The maximum Gasteiger partial charge on any atom is 0.203 e. The molecule has 3 atom stereocenters. The first kappa shape index (κ1) is 19.4. The topological polar surface area (TPSA) is 36.4 Å². The molecule has 2 heterocycles. The van der Waals surface area contributed by atoms with Gasteiger partial charge in [-0.3, -0.25) is 4.57 Å². The van der Waals surface area contributed by atoms with Crippen LogP contribution in [0, 0.1) is 10.7 Å². The summed E-state index contributed by atoms with van der Waals surface area (Å²) in [5.74, 6) is 2.56. The minimum Gasteiger partial charge on any atom is -0.496 e. The molecule has 1 aliphatic heterocycles. The molecule has 1 saturated heterocycles. The van der Waals surface area contributed by atoms with Gasteiger partial charge in [-0.05, 0) is 56.5 Å². The lowest BCUT2D eigenvalue weighted by Gasteiger charge is -2.40. The van der Waals surface area contributed by atoms with Gasteiger partial charge < -0.3 is 9.64 Å². The van der Waals surface area contributed by atoms with Crippen molar-refractivity contribution in [2.24, 2.45) is 5.92 Å². The highest BCUT2D eigenvalue weighted by molar-refractivity contribution is 7.71. The maximum atomic E-state index is 5.83. The fourth-order valence-corrected chi connectivity index (χ4v) is 5.39. The Labute approximate surface area is 172 Å². The molecule has 1 unspecified atom stereocenters. The number of quaternary nitrogens is 1. The highest BCUT2D eigenvalue weighted by atomic mass is 32.1. The number of methoxy groups -OCH3 is 1. The van der Waals surface area contributed by atoms with Gasteiger partial charge >= 0.3 is 0 Å². The number of nitrogens with one attached hydrogen (secondary N) is 1. The molecule has 4 rings (SSSR count). The van der Waals surface area contributed by atoms with Crippen LogP contribution in [-0.2, 0) is 13.2 Å². The third-order valence-electron chi connectivity index (χ3n) is 6.44. The quantitative estimate of drug-likeness (QED) is 0.597. The van der Waals surface area contributed by atoms with Crippen molar-refractivity contribution in [2.45, 2.75) is 57.8 Å². The zero-order valence-electron chi connectivity index (χ0n) is 16.8. The molecule has 1 aromatic carbocycles. The average Bonchev–Trinajstić information content (AvgIpc) is 3.04. The molecule has 1 aliphatic carbocycles. The number of ether oxygens (including phenoxy) is 1. The molecule has 0 radical (unpaired) electrons. The van der Waals surface area contributed by atoms with Crippen LogP contribution in [0.1, 0.15) is 38.5 Å². The van der Waals surface area contributed by atoms with Crippen molar-refractivity contribution in [2.75, 3.05) is 13.7 Å². The lowest BCUT2D eigenvalue weighted by molar-refractivity contribution is -0.958. The molecule has 0 spiro atoms. The molecule has 2 fully saturated rings. The lowest BCUT2D eigenvalue weighted by Crippen LogP contribution is -3.17. The van der Waals surface area contributed by atoms with E-state index in [4.69, 9.17) is 22.1 Å². The van der Waals surface area contributed by atoms with Crippen molar-refractivity contribution in [3.63, 3.8) is 0 Å². The van der Waals surface area contributed by atoms with Crippen LogP contribution < -0.4 is 9.64 Å². The summed E-state index contributed by atoms with van der Waals surface area (Å²) >= 11 is 5.83. The van der Waals surface area contributed by atoms with E-state index < -0.39 is 0 Å². The monoisotopic (exact) mass is 399 g/mol. The van der Waals surface area contributed by atoms with E-state index in [1.54, 1.807) is 12.0 Å². The first-order chi connectivity index (χ1) is 13.7. The van der Waals surface area contributed by atoms with Crippen molar-refractivity contribution < 1.29 is 9.64 Å². The van der Waals surface area contributed by atoms with Crippen molar-refractivity contribution in [1.29, 1.82) is 0 Å². The Hall–Kier alpha value is -1.92. The van der Waals surface area contributed by atoms with Gasteiger partial charge in [0, 0.05) is 12.5 Å². The van der Waals surface area contributed by atoms with Crippen LogP contribution in [0.15, 0.2) is 36.9 Å². The highest BCUT2D eigenvalue weighted by Gasteiger charge is 2.37. The Balaban J connectivity index is 1.68. The second-order valence-corrected chi connectivity index (χ2v) is 8.43. The lowest BCUT2D eigenvalue weighted by atomic mass is 9.78. The fraction of sp³-hybridized carbons (Fsp3) is 0.545. The Kier molecular flexibility index (Phi) is 5.97. The van der Waals surface area contributed by atoms with E-state index in [0.29, 0.717) is 6.54 Å². The number of rotatable bonds is 6. The van der Waals surface area contributed by atoms with Gasteiger partial charge in [-0.2, -0.15) is 4.68 Å². The van der Waals surface area contributed by atoms with Crippen molar-refractivity contribution in [3.05, 3.63) is 41.7 Å². The van der Waals surface area contributed by atoms with E-state index in [1.807, 2.05) is 35.0 Å². The average molecular weight is 400 g/mol. The number of hydrogen-bond donors (Lipinski definition) is 1. The Morgan fingerprint density at radius 1 is 1.25 bits per heavy atom. The summed E-state index contributed by atoms with van der Waals surface area (Å²) in [5.41, 5.74) is 0.973. The van der Waals surface area contributed by atoms with Crippen LogP contribution in [-0.4, -0.2) is 34.0 Å². The second-order valence-electron chi connectivity index (χ2n) is 8.06. The molecule has 28 heavy (non-hydrogen) atoms. The summed E-state index contributed by atoms with van der Waals surface area (Å²) in [5, 5.41) is 4.97. The zero-order valence-corrected chi connectivity index (χ0v) is 17.6. The van der Waals surface area contributed by atoms with E-state index >= 15 is 0 Å². The second kappa shape index (κ2) is 8.62. The number of benzene rings is 1. The Morgan fingerprint density at radius 2 is 2.04 bits per heavy atom. The molecule has 150 valence electrons. The van der Waals surface area contributed by atoms with Gasteiger partial charge in [-0.15, -0.1) is 11.7 Å². The van der Waals surface area contributed by atoms with Crippen LogP contribution in [0.4, 0.5) is 0 Å². The minimum absolute atomic E-state index is 0.646. The number of fused-ring (bicyclic) bond motifs is 1. The van der Waals surface area contributed by atoms with Crippen molar-refractivity contribution in [1.82, 2.24) is 14.3 Å². The molecule has 0 amide bonds. The van der Waals surface area contributed by atoms with E-state index in [0.717, 1.165) is 40.5 Å². The standard InChI is InChI=1S/C22H30N4OS/c1-3-14-25-21(18-11-5-7-13-20(18)27-2)23-26(22(25)28)16-24-15-8-10-17-9-4-6-12-19(17)24/h3,5,7,11,13,17,19H,1,4,6,8-10,12,14-16H2,2H3/p+1/t17-,19+/m1/s1. The first-order valence-electron chi connectivity index (χ1n) is 10.5. The van der Waals surface area contributed by atoms with Gasteiger partial charge in [0.05, 0.1) is 25.3 Å². The van der Waals surface area contributed by atoms with E-state index in [2.05, 4.69) is 11.1 Å². The molecule has 1 aromatic heterocycles. The van der Waals surface area contributed by atoms with Gasteiger partial charge in [0.25, 0.3) is 0 Å². The molecular weight excluding hydrogens is 368 g/mol. The van der Waals surface area contributed by atoms with Crippen LogP contribution in [0.2, 0.25) is 0 Å². The number of likely N-dealkylation sites (tertiary alicyclic amines) is 1. The van der Waals surface area contributed by atoms with Crippen molar-refractivity contribution >= 4 is 12.2 Å². The normalized spacial score (nSPS) is 24.5. The fourth-order valence-electron chi connectivity index (χ4n) is 5.12. The summed E-state index contributed by atoms with van der Waals surface area (Å²) in [7, 11) is 1.70. The highest BCUT2D eigenvalue weighted by Crippen LogP contribution is 2.30. The largest absolute Gasteiger partial charge is 0.496 e. The van der Waals surface area contributed by atoms with Crippen molar-refractivity contribution in [3.8, 4) is 17.1 Å². The minimum atomic E-state index is 0.646. The third kappa shape index (κ3) is 3.67. The SMILES string of the molecule is C=CCn1c(-c2ccccc2OC)nn(C[NH+]2CCC[C@H]3CCCC[C@@H]32)c1=S. The Morgan fingerprint density at radius 3 is 2.86 bits per heavy atom. The predicted octanol–water partition coefficient (Wildman–Crippen LogP) is 3.47. The molecule has 1 saturated carbocycles. The third-order valence-corrected chi connectivity index (χ3v) is 6.87. The number of allylic oxidation sites excluding steroid dienone is 1. The van der Waals surface area contributed by atoms with Gasteiger partial charge in [0.1, 0.15) is 5.75 Å². The summed E-state index contributed by atoms with van der Waals surface area (Å²) < 4.78 is 10.5. The summed E-state index contributed by atoms with van der Waals surface area (Å²) in [6.45, 7) is 6.64. The summed E-state index contributed by atoms with van der Waals surface area (Å²) in [6, 6.07) is 8.78. The van der Waals surface area contributed by atoms with Gasteiger partial charge in [-0.1, -0.05) is 24.6 Å². The number of para-hydroxylation sites is 1. The summed E-state index contributed by atoms with van der Waals surface area (Å²) in [6.07, 6.45) is 10.1. The number of piperidine rings is 1. The van der Waals surface area contributed by atoms with Crippen LogP contribution >= 0.6 is 12.2 Å². The molecule has 1 N–H and O–H groups in total. The molecule has 6 heteroatoms. The number of hydrogen-bond acceptors (Lipinski definition) is 3. The van der Waals surface area contributed by atoms with Gasteiger partial charge in [-0.25, -0.2) is 0 Å². The Bertz CT molecular complexity index is 885. The van der Waals surface area contributed by atoms with Crippen LogP contribution in [0.5, 0.6) is 5.75 Å². The molecule has 5 nitrogen and oxygen atoms in total. The van der Waals surface area contributed by atoms with Gasteiger partial charge in [0.2, 0.25) is 4.77 Å². The summed E-state index contributed by atoms with van der Waals surface area (Å²) in [4.78, 5) is 1.65. The zero-order chi connectivity index (χ0) is 19.5. The van der Waals surface area contributed by atoms with Gasteiger partial charge in [0.15, 0.2) is 12.5 Å². The van der Waals surface area contributed by atoms with Crippen LogP contribution in [0.25, 0.3) is 11.4 Å². The number of nitrogens with zero attached hydrogens (tertiary/aromatic N) is 3. The molecule has 2 aromatic rings. The van der Waals surface area contributed by atoms with E-state index in [-0.39, 0.29) is 0 Å². The van der Waals surface area contributed by atoms with E-state index in [1.165, 1.54) is 45.1 Å². The predicted molar refractivity (Wildman–Crippen MR) is 114 cm³/mol. The smallest absolute Gasteiger partial charge is 0.203 e. The number of aromatic nitrogens is 3. The molecule has 0 bridgehead atoms. The first-order valence-corrected chi connectivity index (χ1v) is 10.9. The maximum absolute atomic E-state index is 5.83. The van der Waals surface area contributed by atoms with E-state index in [9.17, 15) is 0 Å². The van der Waals surface area contributed by atoms with Crippen LogP contribution in [0.3, 0.4) is 0 Å². The molecule has 2 aliphatic rings. The molecular formula is C22H31N4OS+.